The molecule has 0 N–H and O–H groups in total. The zero-order valence-electron chi connectivity index (χ0n) is 10.5. The van der Waals surface area contributed by atoms with Crippen molar-refractivity contribution >= 4 is 23.5 Å². The van der Waals surface area contributed by atoms with Crippen LogP contribution in [0.5, 0.6) is 0 Å². The fourth-order valence-electron chi connectivity index (χ4n) is 1.90. The third-order valence-electron chi connectivity index (χ3n) is 2.82. The van der Waals surface area contributed by atoms with Crippen LogP contribution in [-0.4, -0.2) is 29.8 Å². The molecule has 0 atom stereocenters. The van der Waals surface area contributed by atoms with E-state index in [0.29, 0.717) is 5.56 Å². The number of hydrogen-bond acceptors (Lipinski definition) is 4. The van der Waals surface area contributed by atoms with Gasteiger partial charge in [0, 0.05) is 18.9 Å². The number of benzene rings is 1. The van der Waals surface area contributed by atoms with E-state index in [9.17, 15) is 14.4 Å². The van der Waals surface area contributed by atoms with Crippen LogP contribution in [-0.2, 0) is 19.1 Å². The SMILES string of the molecule is COC(=O)/C=C(/c1ccccc1)N1C(=O)CCC1=O. The van der Waals surface area contributed by atoms with Crippen LogP contribution in [0.1, 0.15) is 18.4 Å². The molecule has 1 aromatic carbocycles. The summed E-state index contributed by atoms with van der Waals surface area (Å²) in [5.41, 5.74) is 0.886. The highest BCUT2D eigenvalue weighted by atomic mass is 16.5. The standard InChI is InChI=1S/C14H13NO4/c1-19-14(18)9-11(10-5-3-2-4-6-10)15-12(16)7-8-13(15)17/h2-6,9H,7-8H2,1H3/b11-9-. The van der Waals surface area contributed by atoms with E-state index in [4.69, 9.17) is 0 Å². The van der Waals surface area contributed by atoms with Gasteiger partial charge in [-0.15, -0.1) is 0 Å². The molecule has 1 aliphatic heterocycles. The van der Waals surface area contributed by atoms with Crippen molar-refractivity contribution in [2.24, 2.45) is 0 Å². The van der Waals surface area contributed by atoms with Crippen molar-refractivity contribution in [3.8, 4) is 0 Å². The Balaban J connectivity index is 2.46. The Labute approximate surface area is 110 Å². The second kappa shape index (κ2) is 5.48. The summed E-state index contributed by atoms with van der Waals surface area (Å²) in [7, 11) is 1.25. The molecule has 19 heavy (non-hydrogen) atoms. The van der Waals surface area contributed by atoms with Crippen molar-refractivity contribution in [1.82, 2.24) is 4.90 Å². The number of likely N-dealkylation sites (tertiary alicyclic amines) is 1. The number of rotatable bonds is 3. The minimum Gasteiger partial charge on any atom is -0.466 e. The van der Waals surface area contributed by atoms with E-state index in [0.717, 1.165) is 11.0 Å². The predicted octanol–water partition coefficient (Wildman–Crippen LogP) is 1.35. The Morgan fingerprint density at radius 1 is 1.16 bits per heavy atom. The van der Waals surface area contributed by atoms with Crippen molar-refractivity contribution in [1.29, 1.82) is 0 Å². The van der Waals surface area contributed by atoms with Crippen LogP contribution in [0.2, 0.25) is 0 Å². The molecule has 98 valence electrons. The van der Waals surface area contributed by atoms with Crippen molar-refractivity contribution in [2.75, 3.05) is 7.11 Å². The molecule has 5 nitrogen and oxygen atoms in total. The third kappa shape index (κ3) is 2.70. The first kappa shape index (κ1) is 13.0. The van der Waals surface area contributed by atoms with Crippen molar-refractivity contribution < 1.29 is 19.1 Å². The van der Waals surface area contributed by atoms with Crippen molar-refractivity contribution in [3.63, 3.8) is 0 Å². The number of carbonyl (C=O) groups is 3. The summed E-state index contributed by atoms with van der Waals surface area (Å²) in [6.45, 7) is 0. The summed E-state index contributed by atoms with van der Waals surface area (Å²) in [6.07, 6.45) is 1.50. The molecular formula is C14H13NO4. The van der Waals surface area contributed by atoms with Crippen LogP contribution >= 0.6 is 0 Å². The second-order valence-electron chi connectivity index (χ2n) is 4.04. The minimum atomic E-state index is -0.605. The molecule has 2 rings (SSSR count). The lowest BCUT2D eigenvalue weighted by Gasteiger charge is -2.18. The number of hydrogen-bond donors (Lipinski definition) is 0. The molecule has 0 radical (unpaired) electrons. The number of ether oxygens (including phenoxy) is 1. The molecule has 2 amide bonds. The molecule has 0 spiro atoms. The summed E-state index contributed by atoms with van der Waals surface area (Å²) in [4.78, 5) is 36.0. The van der Waals surface area contributed by atoms with Crippen molar-refractivity contribution in [3.05, 3.63) is 42.0 Å². The van der Waals surface area contributed by atoms with Gasteiger partial charge in [0.15, 0.2) is 0 Å². The number of nitrogens with zero attached hydrogens (tertiary/aromatic N) is 1. The summed E-state index contributed by atoms with van der Waals surface area (Å²) in [6, 6.07) is 8.81. The van der Waals surface area contributed by atoms with Gasteiger partial charge in [-0.05, 0) is 5.56 Å². The van der Waals surface area contributed by atoms with Gasteiger partial charge in [0.05, 0.1) is 12.8 Å². The van der Waals surface area contributed by atoms with Gasteiger partial charge in [0.25, 0.3) is 0 Å². The molecule has 1 aliphatic rings. The zero-order chi connectivity index (χ0) is 13.8. The number of imide groups is 1. The zero-order valence-corrected chi connectivity index (χ0v) is 10.5. The van der Waals surface area contributed by atoms with Crippen molar-refractivity contribution in [2.45, 2.75) is 12.8 Å². The summed E-state index contributed by atoms with van der Waals surface area (Å²) >= 11 is 0. The number of esters is 1. The van der Waals surface area contributed by atoms with Crippen LogP contribution in [0, 0.1) is 0 Å². The highest BCUT2D eigenvalue weighted by Crippen LogP contribution is 2.25. The highest BCUT2D eigenvalue weighted by molar-refractivity contribution is 6.11. The van der Waals surface area contributed by atoms with Gasteiger partial charge in [-0.1, -0.05) is 30.3 Å². The molecule has 0 bridgehead atoms. The Hall–Kier alpha value is -2.43. The fraction of sp³-hybridized carbons (Fsp3) is 0.214. The number of methoxy groups -OCH3 is 1. The number of carbonyl (C=O) groups excluding carboxylic acids is 3. The van der Waals surface area contributed by atoms with Crippen LogP contribution in [0.25, 0.3) is 5.70 Å². The summed E-state index contributed by atoms with van der Waals surface area (Å²) in [5.74, 6) is -1.21. The topological polar surface area (TPSA) is 63.7 Å². The molecule has 0 unspecified atom stereocenters. The smallest absolute Gasteiger partial charge is 0.332 e. The fourth-order valence-corrected chi connectivity index (χ4v) is 1.90. The van der Waals surface area contributed by atoms with Gasteiger partial charge in [-0.2, -0.15) is 0 Å². The van der Waals surface area contributed by atoms with Crippen LogP contribution < -0.4 is 0 Å². The predicted molar refractivity (Wildman–Crippen MR) is 67.5 cm³/mol. The van der Waals surface area contributed by atoms with Gasteiger partial charge in [0.1, 0.15) is 0 Å². The first-order valence-corrected chi connectivity index (χ1v) is 5.84. The molecule has 5 heteroatoms. The van der Waals surface area contributed by atoms with Gasteiger partial charge in [0.2, 0.25) is 11.8 Å². The van der Waals surface area contributed by atoms with Crippen LogP contribution in [0.15, 0.2) is 36.4 Å². The summed E-state index contributed by atoms with van der Waals surface area (Å²) in [5, 5.41) is 0. The quantitative estimate of drug-likeness (QED) is 0.467. The van der Waals surface area contributed by atoms with E-state index in [1.807, 2.05) is 6.07 Å². The third-order valence-corrected chi connectivity index (χ3v) is 2.82. The normalized spacial score (nSPS) is 15.8. The van der Waals surface area contributed by atoms with Crippen LogP contribution in [0.3, 0.4) is 0 Å². The Morgan fingerprint density at radius 3 is 2.26 bits per heavy atom. The molecule has 0 saturated carbocycles. The lowest BCUT2D eigenvalue weighted by molar-refractivity contribution is -0.134. The van der Waals surface area contributed by atoms with Gasteiger partial charge >= 0.3 is 5.97 Å². The summed E-state index contributed by atoms with van der Waals surface area (Å²) < 4.78 is 4.57. The van der Waals surface area contributed by atoms with E-state index in [1.165, 1.54) is 7.11 Å². The monoisotopic (exact) mass is 259 g/mol. The van der Waals surface area contributed by atoms with Gasteiger partial charge < -0.3 is 4.74 Å². The minimum absolute atomic E-state index is 0.171. The van der Waals surface area contributed by atoms with Gasteiger partial charge in [-0.25, -0.2) is 9.69 Å². The Morgan fingerprint density at radius 2 is 1.74 bits per heavy atom. The van der Waals surface area contributed by atoms with Gasteiger partial charge in [-0.3, -0.25) is 9.59 Å². The van der Waals surface area contributed by atoms with E-state index in [-0.39, 0.29) is 30.4 Å². The maximum absolute atomic E-state index is 11.8. The maximum atomic E-state index is 11.8. The average Bonchev–Trinajstić information content (AvgIpc) is 2.76. The molecule has 1 saturated heterocycles. The molecule has 1 heterocycles. The molecule has 0 aliphatic carbocycles. The molecule has 0 aromatic heterocycles. The van der Waals surface area contributed by atoms with E-state index in [1.54, 1.807) is 24.3 Å². The van der Waals surface area contributed by atoms with E-state index >= 15 is 0 Å². The highest BCUT2D eigenvalue weighted by Gasteiger charge is 2.32. The Kier molecular flexibility index (Phi) is 3.75. The number of amides is 2. The first-order chi connectivity index (χ1) is 9.13. The second-order valence-corrected chi connectivity index (χ2v) is 4.04. The molecule has 1 fully saturated rings. The van der Waals surface area contributed by atoms with E-state index in [2.05, 4.69) is 4.74 Å². The van der Waals surface area contributed by atoms with Crippen LogP contribution in [0.4, 0.5) is 0 Å². The first-order valence-electron chi connectivity index (χ1n) is 5.84. The Bertz CT molecular complexity index is 532. The average molecular weight is 259 g/mol. The maximum Gasteiger partial charge on any atom is 0.332 e. The molecule has 1 aromatic rings. The largest absolute Gasteiger partial charge is 0.466 e. The lowest BCUT2D eigenvalue weighted by atomic mass is 10.1. The molecular weight excluding hydrogens is 246 g/mol. The lowest BCUT2D eigenvalue weighted by Crippen LogP contribution is -2.28. The van der Waals surface area contributed by atoms with E-state index < -0.39 is 5.97 Å².